The van der Waals surface area contributed by atoms with Gasteiger partial charge in [-0.2, -0.15) is 0 Å². The van der Waals surface area contributed by atoms with E-state index in [0.29, 0.717) is 18.8 Å². The number of hydrogen-bond donors (Lipinski definition) is 2. The molecule has 1 heterocycles. The Kier molecular flexibility index (Phi) is 10.9. The lowest BCUT2D eigenvalue weighted by molar-refractivity contribution is -0.142. The lowest BCUT2D eigenvalue weighted by Gasteiger charge is -2.35. The molecule has 0 amide bonds. The van der Waals surface area contributed by atoms with Crippen LogP contribution in [0, 0.1) is 26.7 Å². The van der Waals surface area contributed by atoms with Crippen LogP contribution < -0.4 is 0 Å². The molecule has 2 N–H and O–H groups in total. The van der Waals surface area contributed by atoms with Crippen LogP contribution in [0.15, 0.2) is 18.4 Å². The number of hydrogen-bond acceptors (Lipinski definition) is 7. The van der Waals surface area contributed by atoms with Gasteiger partial charge in [-0.1, -0.05) is 17.7 Å². The minimum absolute atomic E-state index is 0.0391. The SMILES string of the molecule is Cc1cc(C)c(/C(=C\O)C(=O)C2CCC(OCCN3CCN(CCOCC(=O)O)CC3)CC2)c(C)c1. The molecular formula is C28H42N2O6. The molecule has 0 bridgehead atoms. The first-order valence-corrected chi connectivity index (χ1v) is 13.1. The standard InChI is InChI=1S/C28H42N2O6/c1-20-16-21(2)27(22(3)17-20)25(18-31)28(34)23-4-6-24(7-5-23)36-15-13-30-10-8-29(9-11-30)12-14-35-19-26(32)33/h16-18,23-24,31H,4-15,19H2,1-3H3,(H,32,33)/b25-18+. The fraction of sp³-hybridized carbons (Fsp3) is 0.643. The van der Waals surface area contributed by atoms with Gasteiger partial charge in [-0.15, -0.1) is 0 Å². The first kappa shape index (κ1) is 28.3. The Balaban J connectivity index is 1.35. The number of aryl methyl sites for hydroxylation is 3. The largest absolute Gasteiger partial charge is 0.515 e. The van der Waals surface area contributed by atoms with E-state index in [1.54, 1.807) is 0 Å². The van der Waals surface area contributed by atoms with Gasteiger partial charge < -0.3 is 19.7 Å². The molecule has 36 heavy (non-hydrogen) atoms. The lowest BCUT2D eigenvalue weighted by atomic mass is 9.80. The van der Waals surface area contributed by atoms with E-state index >= 15 is 0 Å². The summed E-state index contributed by atoms with van der Waals surface area (Å²) < 4.78 is 11.3. The summed E-state index contributed by atoms with van der Waals surface area (Å²) >= 11 is 0. The van der Waals surface area contributed by atoms with Crippen LogP contribution in [-0.2, 0) is 19.1 Å². The van der Waals surface area contributed by atoms with Crippen LogP contribution in [0.1, 0.15) is 47.9 Å². The molecule has 1 saturated carbocycles. The molecule has 2 aliphatic rings. The van der Waals surface area contributed by atoms with E-state index in [0.717, 1.165) is 93.5 Å². The van der Waals surface area contributed by atoms with Gasteiger partial charge in [-0.25, -0.2) is 4.79 Å². The van der Waals surface area contributed by atoms with Crippen LogP contribution >= 0.6 is 0 Å². The number of carbonyl (C=O) groups is 2. The van der Waals surface area contributed by atoms with Gasteiger partial charge in [-0.3, -0.25) is 14.6 Å². The summed E-state index contributed by atoms with van der Waals surface area (Å²) in [5.41, 5.74) is 4.48. The fourth-order valence-corrected chi connectivity index (χ4v) is 5.51. The summed E-state index contributed by atoms with van der Waals surface area (Å²) in [4.78, 5) is 28.5. The second kappa shape index (κ2) is 13.9. The van der Waals surface area contributed by atoms with Crippen LogP contribution in [0.3, 0.4) is 0 Å². The smallest absolute Gasteiger partial charge is 0.329 e. The molecule has 3 rings (SSSR count). The van der Waals surface area contributed by atoms with Gasteiger partial charge >= 0.3 is 5.97 Å². The highest BCUT2D eigenvalue weighted by Crippen LogP contribution is 2.33. The quantitative estimate of drug-likeness (QED) is 0.255. The summed E-state index contributed by atoms with van der Waals surface area (Å²) in [6.07, 6.45) is 4.49. The third-order valence-corrected chi connectivity index (χ3v) is 7.39. The maximum atomic E-state index is 13.3. The highest BCUT2D eigenvalue weighted by molar-refractivity contribution is 6.22. The molecule has 1 aromatic carbocycles. The molecule has 1 aromatic rings. The average molecular weight is 503 g/mol. The molecule has 200 valence electrons. The summed E-state index contributed by atoms with van der Waals surface area (Å²) in [5.74, 6) is -0.966. The van der Waals surface area contributed by atoms with E-state index < -0.39 is 5.97 Å². The predicted molar refractivity (Wildman–Crippen MR) is 139 cm³/mol. The third kappa shape index (κ3) is 8.13. The van der Waals surface area contributed by atoms with Crippen molar-refractivity contribution in [2.24, 2.45) is 5.92 Å². The van der Waals surface area contributed by atoms with Crippen molar-refractivity contribution in [2.45, 2.75) is 52.6 Å². The van der Waals surface area contributed by atoms with Crippen LogP contribution in [0.5, 0.6) is 0 Å². The van der Waals surface area contributed by atoms with Crippen molar-refractivity contribution in [1.29, 1.82) is 0 Å². The minimum atomic E-state index is -0.931. The topological polar surface area (TPSA) is 99.5 Å². The molecule has 0 spiro atoms. The summed E-state index contributed by atoms with van der Waals surface area (Å²) in [5, 5.41) is 18.6. The monoisotopic (exact) mass is 502 g/mol. The average Bonchev–Trinajstić information content (AvgIpc) is 2.85. The molecule has 8 heteroatoms. The number of carboxylic acids is 1. The van der Waals surface area contributed by atoms with Crippen LogP contribution in [0.25, 0.3) is 5.57 Å². The summed E-state index contributed by atoms with van der Waals surface area (Å²) in [6, 6.07) is 4.11. The number of nitrogens with zero attached hydrogens (tertiary/aromatic N) is 2. The summed E-state index contributed by atoms with van der Waals surface area (Å²) in [7, 11) is 0. The second-order valence-electron chi connectivity index (χ2n) is 10.2. The van der Waals surface area contributed by atoms with E-state index in [2.05, 4.69) is 21.9 Å². The molecule has 0 atom stereocenters. The van der Waals surface area contributed by atoms with Gasteiger partial charge in [0.25, 0.3) is 0 Å². The molecule has 0 unspecified atom stereocenters. The maximum absolute atomic E-state index is 13.3. The van der Waals surface area contributed by atoms with Crippen molar-refractivity contribution < 1.29 is 29.3 Å². The number of aliphatic hydroxyl groups is 1. The number of aliphatic hydroxyl groups excluding tert-OH is 1. The normalized spacial score (nSPS) is 22.0. The Morgan fingerprint density at radius 3 is 2.03 bits per heavy atom. The highest BCUT2D eigenvalue weighted by Gasteiger charge is 2.30. The predicted octanol–water partition coefficient (Wildman–Crippen LogP) is 3.37. The number of piperazine rings is 1. The van der Waals surface area contributed by atoms with Crippen molar-refractivity contribution in [3.05, 3.63) is 40.6 Å². The van der Waals surface area contributed by atoms with Gasteiger partial charge in [-0.05, 0) is 63.1 Å². The Bertz CT molecular complexity index is 892. The van der Waals surface area contributed by atoms with Crippen molar-refractivity contribution in [2.75, 3.05) is 59.1 Å². The number of carbonyl (C=O) groups excluding carboxylic acids is 1. The number of aliphatic carboxylic acids is 1. The highest BCUT2D eigenvalue weighted by atomic mass is 16.5. The number of allylic oxidation sites excluding steroid dienone is 1. The van der Waals surface area contributed by atoms with E-state index in [-0.39, 0.29) is 24.4 Å². The molecular weight excluding hydrogens is 460 g/mol. The van der Waals surface area contributed by atoms with Crippen LogP contribution in [0.4, 0.5) is 0 Å². The molecule has 1 saturated heterocycles. The zero-order valence-corrected chi connectivity index (χ0v) is 22.0. The molecule has 1 aliphatic heterocycles. The number of rotatable bonds is 12. The van der Waals surface area contributed by atoms with Gasteiger partial charge in [0.05, 0.1) is 31.2 Å². The zero-order chi connectivity index (χ0) is 26.1. The number of carboxylic acid groups (broad SMARTS) is 1. The Labute approximate surface area is 214 Å². The Hall–Kier alpha value is -2.26. The molecule has 0 radical (unpaired) electrons. The Morgan fingerprint density at radius 1 is 0.944 bits per heavy atom. The van der Waals surface area contributed by atoms with Gasteiger partial charge in [0, 0.05) is 45.2 Å². The van der Waals surface area contributed by atoms with Crippen LogP contribution in [0.2, 0.25) is 0 Å². The third-order valence-electron chi connectivity index (χ3n) is 7.39. The van der Waals surface area contributed by atoms with Gasteiger partial charge in [0.1, 0.15) is 6.61 Å². The first-order chi connectivity index (χ1) is 17.3. The van der Waals surface area contributed by atoms with E-state index in [4.69, 9.17) is 14.6 Å². The number of benzene rings is 1. The van der Waals surface area contributed by atoms with E-state index in [9.17, 15) is 14.7 Å². The van der Waals surface area contributed by atoms with Crippen molar-refractivity contribution >= 4 is 17.3 Å². The van der Waals surface area contributed by atoms with Gasteiger partial charge in [0.2, 0.25) is 0 Å². The van der Waals surface area contributed by atoms with E-state index in [1.807, 2.05) is 20.8 Å². The van der Waals surface area contributed by atoms with Crippen molar-refractivity contribution in [3.63, 3.8) is 0 Å². The maximum Gasteiger partial charge on any atom is 0.329 e. The minimum Gasteiger partial charge on any atom is -0.515 e. The van der Waals surface area contributed by atoms with E-state index in [1.165, 1.54) is 0 Å². The molecule has 8 nitrogen and oxygen atoms in total. The Morgan fingerprint density at radius 2 is 1.50 bits per heavy atom. The molecule has 2 fully saturated rings. The van der Waals surface area contributed by atoms with Crippen LogP contribution in [-0.4, -0.2) is 97.0 Å². The van der Waals surface area contributed by atoms with Crippen molar-refractivity contribution in [3.8, 4) is 0 Å². The molecule has 0 aromatic heterocycles. The second-order valence-corrected chi connectivity index (χ2v) is 10.2. The fourth-order valence-electron chi connectivity index (χ4n) is 5.51. The van der Waals surface area contributed by atoms with Crippen molar-refractivity contribution in [1.82, 2.24) is 9.80 Å². The number of ether oxygens (including phenoxy) is 2. The number of Topliss-reactive ketones (excluding diaryl/α,β-unsaturated/α-hetero) is 1. The first-order valence-electron chi connectivity index (χ1n) is 13.1. The molecule has 1 aliphatic carbocycles. The van der Waals surface area contributed by atoms with Gasteiger partial charge in [0.15, 0.2) is 5.78 Å². The summed E-state index contributed by atoms with van der Waals surface area (Å²) in [6.45, 7) is 12.4. The zero-order valence-electron chi connectivity index (χ0n) is 22.0. The number of ketones is 1. The lowest BCUT2D eigenvalue weighted by Crippen LogP contribution is -2.48.